The van der Waals surface area contributed by atoms with Gasteiger partial charge in [0.2, 0.25) is 5.91 Å². The molecule has 0 aromatic rings. The zero-order valence-electron chi connectivity index (χ0n) is 10.2. The normalized spacial score (nSPS) is 24.5. The van der Waals surface area contributed by atoms with Gasteiger partial charge in [-0.15, -0.1) is 0 Å². The van der Waals surface area contributed by atoms with Gasteiger partial charge < -0.3 is 10.4 Å². The summed E-state index contributed by atoms with van der Waals surface area (Å²) in [5, 5.41) is 12.1. The van der Waals surface area contributed by atoms with Crippen LogP contribution in [0.3, 0.4) is 0 Å². The second kappa shape index (κ2) is 5.07. The van der Waals surface area contributed by atoms with Crippen molar-refractivity contribution in [1.29, 1.82) is 0 Å². The molecule has 2 N–H and O–H groups in total. The summed E-state index contributed by atoms with van der Waals surface area (Å²) in [6.45, 7) is 0. The Kier molecular flexibility index (Phi) is 3.69. The van der Waals surface area contributed by atoms with Gasteiger partial charge in [-0.25, -0.2) is 0 Å². The summed E-state index contributed by atoms with van der Waals surface area (Å²) in [6.07, 6.45) is 8.61. The second-order valence-electron chi connectivity index (χ2n) is 5.40. The molecule has 0 aromatic carbocycles. The van der Waals surface area contributed by atoms with Crippen LogP contribution in [-0.4, -0.2) is 23.0 Å². The van der Waals surface area contributed by atoms with Gasteiger partial charge in [-0.1, -0.05) is 32.1 Å². The van der Waals surface area contributed by atoms with E-state index in [1.807, 2.05) is 0 Å². The van der Waals surface area contributed by atoms with Crippen LogP contribution in [0.1, 0.15) is 57.8 Å². The number of carboxylic acids is 1. The molecule has 0 aliphatic heterocycles. The molecule has 96 valence electrons. The van der Waals surface area contributed by atoms with Crippen molar-refractivity contribution < 1.29 is 14.7 Å². The molecule has 2 aliphatic carbocycles. The highest BCUT2D eigenvalue weighted by molar-refractivity contribution is 6.02. The van der Waals surface area contributed by atoms with Gasteiger partial charge in [-0.3, -0.25) is 9.59 Å². The molecular weight excluding hydrogens is 218 g/mol. The van der Waals surface area contributed by atoms with Crippen LogP contribution >= 0.6 is 0 Å². The monoisotopic (exact) mass is 239 g/mol. The lowest BCUT2D eigenvalue weighted by atomic mass is 9.68. The van der Waals surface area contributed by atoms with Crippen LogP contribution in [0, 0.1) is 5.41 Å². The molecule has 4 heteroatoms. The number of carbonyl (C=O) groups is 2. The van der Waals surface area contributed by atoms with E-state index in [4.69, 9.17) is 0 Å². The molecule has 2 fully saturated rings. The Bertz CT molecular complexity index is 302. The number of nitrogens with one attached hydrogen (secondary N) is 1. The van der Waals surface area contributed by atoms with E-state index >= 15 is 0 Å². The summed E-state index contributed by atoms with van der Waals surface area (Å²) in [7, 11) is 0. The first-order chi connectivity index (χ1) is 8.15. The Morgan fingerprint density at radius 1 is 1.00 bits per heavy atom. The Balaban J connectivity index is 1.93. The average molecular weight is 239 g/mol. The third-order valence-electron chi connectivity index (χ3n) is 4.24. The van der Waals surface area contributed by atoms with Crippen molar-refractivity contribution in [1.82, 2.24) is 5.32 Å². The Morgan fingerprint density at radius 2 is 1.59 bits per heavy atom. The predicted molar refractivity (Wildman–Crippen MR) is 63.6 cm³/mol. The minimum absolute atomic E-state index is 0.196. The van der Waals surface area contributed by atoms with E-state index < -0.39 is 11.4 Å². The molecule has 17 heavy (non-hydrogen) atoms. The highest BCUT2D eigenvalue weighted by Gasteiger charge is 2.51. The van der Waals surface area contributed by atoms with Gasteiger partial charge in [0.15, 0.2) is 0 Å². The van der Waals surface area contributed by atoms with Gasteiger partial charge in [0.05, 0.1) is 0 Å². The minimum atomic E-state index is -1.10. The van der Waals surface area contributed by atoms with Crippen molar-refractivity contribution in [2.24, 2.45) is 5.41 Å². The number of hydrogen-bond acceptors (Lipinski definition) is 2. The lowest BCUT2D eigenvalue weighted by Gasteiger charge is -2.37. The van der Waals surface area contributed by atoms with Gasteiger partial charge in [0, 0.05) is 6.04 Å². The highest BCUT2D eigenvalue weighted by Crippen LogP contribution is 2.41. The largest absolute Gasteiger partial charge is 0.480 e. The first kappa shape index (κ1) is 12.4. The van der Waals surface area contributed by atoms with Crippen LogP contribution in [0.5, 0.6) is 0 Å². The molecular formula is C13H21NO3. The van der Waals surface area contributed by atoms with Crippen LogP contribution < -0.4 is 5.32 Å². The lowest BCUT2D eigenvalue weighted by molar-refractivity contribution is -0.162. The van der Waals surface area contributed by atoms with Crippen LogP contribution in [0.25, 0.3) is 0 Å². The van der Waals surface area contributed by atoms with Crippen molar-refractivity contribution in [3.05, 3.63) is 0 Å². The van der Waals surface area contributed by atoms with Crippen LogP contribution in [0.2, 0.25) is 0 Å². The van der Waals surface area contributed by atoms with Gasteiger partial charge in [-0.05, 0) is 25.7 Å². The number of amides is 1. The van der Waals surface area contributed by atoms with Crippen molar-refractivity contribution in [2.45, 2.75) is 63.8 Å². The number of aliphatic carboxylic acids is 1. The standard InChI is InChI=1S/C13H21NO3/c15-11(13(12(16)17)8-5-9-13)14-10-6-3-1-2-4-7-10/h10H,1-9H2,(H,14,15)(H,16,17). The summed E-state index contributed by atoms with van der Waals surface area (Å²) in [5.41, 5.74) is -1.10. The topological polar surface area (TPSA) is 66.4 Å². The molecule has 0 heterocycles. The third kappa shape index (κ3) is 2.45. The Labute approximate surface area is 102 Å². The molecule has 0 radical (unpaired) electrons. The molecule has 0 saturated heterocycles. The lowest BCUT2D eigenvalue weighted by Crippen LogP contribution is -2.53. The molecule has 0 aromatic heterocycles. The Morgan fingerprint density at radius 3 is 2.00 bits per heavy atom. The summed E-state index contributed by atoms with van der Waals surface area (Å²) >= 11 is 0. The smallest absolute Gasteiger partial charge is 0.319 e. The number of hydrogen-bond donors (Lipinski definition) is 2. The SMILES string of the molecule is O=C(O)C1(C(=O)NC2CCCCCC2)CCC1. The molecule has 0 spiro atoms. The van der Waals surface area contributed by atoms with Crippen LogP contribution in [-0.2, 0) is 9.59 Å². The first-order valence-electron chi connectivity index (χ1n) is 6.69. The van der Waals surface area contributed by atoms with E-state index in [0.29, 0.717) is 12.8 Å². The first-order valence-corrected chi connectivity index (χ1v) is 6.69. The van der Waals surface area contributed by atoms with E-state index in [1.54, 1.807) is 0 Å². The minimum Gasteiger partial charge on any atom is -0.480 e. The number of carboxylic acid groups (broad SMARTS) is 1. The molecule has 2 saturated carbocycles. The molecule has 2 aliphatic rings. The van der Waals surface area contributed by atoms with Crippen LogP contribution in [0.15, 0.2) is 0 Å². The fourth-order valence-corrected chi connectivity index (χ4v) is 2.82. The summed E-state index contributed by atoms with van der Waals surface area (Å²) in [5.74, 6) is -1.20. The molecule has 4 nitrogen and oxygen atoms in total. The summed E-state index contributed by atoms with van der Waals surface area (Å²) < 4.78 is 0. The van der Waals surface area contributed by atoms with Gasteiger partial charge in [0.25, 0.3) is 0 Å². The van der Waals surface area contributed by atoms with Gasteiger partial charge in [-0.2, -0.15) is 0 Å². The summed E-state index contributed by atoms with van der Waals surface area (Å²) in [6, 6.07) is 0.196. The average Bonchev–Trinajstić information content (AvgIpc) is 2.43. The van der Waals surface area contributed by atoms with Crippen molar-refractivity contribution >= 4 is 11.9 Å². The maximum atomic E-state index is 12.1. The second-order valence-corrected chi connectivity index (χ2v) is 5.40. The van der Waals surface area contributed by atoms with E-state index in [0.717, 1.165) is 32.1 Å². The number of rotatable bonds is 3. The molecule has 0 bridgehead atoms. The number of carbonyl (C=O) groups excluding carboxylic acids is 1. The highest BCUT2D eigenvalue weighted by atomic mass is 16.4. The maximum Gasteiger partial charge on any atom is 0.319 e. The maximum absolute atomic E-state index is 12.1. The molecule has 1 amide bonds. The van der Waals surface area contributed by atoms with Crippen molar-refractivity contribution in [3.8, 4) is 0 Å². The van der Waals surface area contributed by atoms with E-state index in [9.17, 15) is 14.7 Å². The quantitative estimate of drug-likeness (QED) is 0.585. The molecule has 0 unspecified atom stereocenters. The van der Waals surface area contributed by atoms with Gasteiger partial charge in [0.1, 0.15) is 5.41 Å². The van der Waals surface area contributed by atoms with Crippen molar-refractivity contribution in [2.75, 3.05) is 0 Å². The van der Waals surface area contributed by atoms with E-state index in [1.165, 1.54) is 12.8 Å². The molecule has 0 atom stereocenters. The molecule has 2 rings (SSSR count). The summed E-state index contributed by atoms with van der Waals surface area (Å²) in [4.78, 5) is 23.3. The predicted octanol–water partition coefficient (Wildman–Crippen LogP) is 2.08. The van der Waals surface area contributed by atoms with Gasteiger partial charge >= 0.3 is 5.97 Å². The fourth-order valence-electron chi connectivity index (χ4n) is 2.82. The fraction of sp³-hybridized carbons (Fsp3) is 0.846. The third-order valence-corrected chi connectivity index (χ3v) is 4.24. The zero-order valence-corrected chi connectivity index (χ0v) is 10.2. The van der Waals surface area contributed by atoms with Crippen molar-refractivity contribution in [3.63, 3.8) is 0 Å². The Hall–Kier alpha value is -1.06. The zero-order chi connectivity index (χ0) is 12.3. The van der Waals surface area contributed by atoms with E-state index in [-0.39, 0.29) is 11.9 Å². The van der Waals surface area contributed by atoms with Crippen LogP contribution in [0.4, 0.5) is 0 Å². The van der Waals surface area contributed by atoms with E-state index in [2.05, 4.69) is 5.32 Å².